The van der Waals surface area contributed by atoms with Gasteiger partial charge >= 0.3 is 0 Å². The third kappa shape index (κ3) is 8.08. The van der Waals surface area contributed by atoms with Crippen LogP contribution in [0.3, 0.4) is 0 Å². The van der Waals surface area contributed by atoms with E-state index in [2.05, 4.69) is 36.5 Å². The molecule has 0 radical (unpaired) electrons. The number of benzene rings is 2. The second kappa shape index (κ2) is 13.0. The summed E-state index contributed by atoms with van der Waals surface area (Å²) in [5, 5.41) is 3.89. The van der Waals surface area contributed by atoms with Crippen LogP contribution in [0.15, 0.2) is 53.4 Å². The molecule has 1 aliphatic carbocycles. The zero-order valence-electron chi connectivity index (χ0n) is 19.7. The molecule has 1 aliphatic rings. The summed E-state index contributed by atoms with van der Waals surface area (Å²) in [6, 6.07) is 15.6. The van der Waals surface area contributed by atoms with Gasteiger partial charge in [-0.25, -0.2) is 0 Å². The molecule has 2 aromatic rings. The predicted octanol–water partition coefficient (Wildman–Crippen LogP) is 6.39. The molecule has 2 amide bonds. The molecule has 6 heteroatoms. The van der Waals surface area contributed by atoms with Crippen molar-refractivity contribution in [2.45, 2.75) is 82.3 Å². The van der Waals surface area contributed by atoms with Crippen molar-refractivity contribution in [2.24, 2.45) is 0 Å². The van der Waals surface area contributed by atoms with E-state index in [0.717, 1.165) is 36.1 Å². The van der Waals surface area contributed by atoms with E-state index in [9.17, 15) is 9.59 Å². The summed E-state index contributed by atoms with van der Waals surface area (Å²) in [4.78, 5) is 29.5. The largest absolute Gasteiger partial charge is 0.352 e. The first-order valence-electron chi connectivity index (χ1n) is 12.0. The van der Waals surface area contributed by atoms with Crippen LogP contribution in [0, 0.1) is 6.92 Å². The average molecular weight is 487 g/mol. The quantitative estimate of drug-likeness (QED) is 0.396. The van der Waals surface area contributed by atoms with E-state index in [1.807, 2.05) is 31.2 Å². The minimum absolute atomic E-state index is 0.00945. The first-order chi connectivity index (χ1) is 16.0. The van der Waals surface area contributed by atoms with Gasteiger partial charge in [-0.15, -0.1) is 11.8 Å². The SMILES string of the molecule is CCC(C(=O)NC1CCCCC1)N(Cc1ccc(Cl)cc1)C(=O)CCSc1ccc(C)cc1. The van der Waals surface area contributed by atoms with Gasteiger partial charge < -0.3 is 10.2 Å². The van der Waals surface area contributed by atoms with Gasteiger partial charge in [0, 0.05) is 34.7 Å². The van der Waals surface area contributed by atoms with Crippen molar-refractivity contribution in [1.82, 2.24) is 10.2 Å². The zero-order valence-corrected chi connectivity index (χ0v) is 21.3. The first-order valence-corrected chi connectivity index (χ1v) is 13.4. The molecule has 0 spiro atoms. The van der Waals surface area contributed by atoms with Gasteiger partial charge in [0.1, 0.15) is 6.04 Å². The lowest BCUT2D eigenvalue weighted by atomic mass is 9.95. The van der Waals surface area contributed by atoms with E-state index in [-0.39, 0.29) is 17.9 Å². The number of aryl methyl sites for hydroxylation is 1. The Morgan fingerprint density at radius 2 is 1.73 bits per heavy atom. The van der Waals surface area contributed by atoms with Crippen LogP contribution in [-0.4, -0.2) is 34.6 Å². The van der Waals surface area contributed by atoms with Crippen LogP contribution in [0.25, 0.3) is 0 Å². The Kier molecular flexibility index (Phi) is 10.1. The number of thioether (sulfide) groups is 1. The second-order valence-corrected chi connectivity index (χ2v) is 10.4. The second-order valence-electron chi connectivity index (χ2n) is 8.83. The zero-order chi connectivity index (χ0) is 23.6. The summed E-state index contributed by atoms with van der Waals surface area (Å²) in [5.74, 6) is 0.660. The van der Waals surface area contributed by atoms with Gasteiger partial charge in [-0.3, -0.25) is 9.59 Å². The molecule has 1 saturated carbocycles. The summed E-state index contributed by atoms with van der Waals surface area (Å²) in [6.07, 6.45) is 6.59. The Labute approximate surface area is 207 Å². The van der Waals surface area contributed by atoms with Crippen LogP contribution in [0.2, 0.25) is 5.02 Å². The highest BCUT2D eigenvalue weighted by Crippen LogP contribution is 2.22. The third-order valence-corrected chi connectivity index (χ3v) is 7.48. The fourth-order valence-corrected chi connectivity index (χ4v) is 5.25. The van der Waals surface area contributed by atoms with Gasteiger partial charge in [0.25, 0.3) is 0 Å². The maximum Gasteiger partial charge on any atom is 0.243 e. The average Bonchev–Trinajstić information content (AvgIpc) is 2.82. The number of halogens is 1. The van der Waals surface area contributed by atoms with E-state index in [1.54, 1.807) is 16.7 Å². The molecular formula is C27H35ClN2O2S. The molecule has 2 aromatic carbocycles. The summed E-state index contributed by atoms with van der Waals surface area (Å²) in [6.45, 7) is 4.45. The predicted molar refractivity (Wildman–Crippen MR) is 138 cm³/mol. The van der Waals surface area contributed by atoms with Gasteiger partial charge in [-0.2, -0.15) is 0 Å². The number of nitrogens with one attached hydrogen (secondary N) is 1. The lowest BCUT2D eigenvalue weighted by Gasteiger charge is -2.33. The molecule has 1 fully saturated rings. The molecule has 1 atom stereocenters. The van der Waals surface area contributed by atoms with Crippen LogP contribution in [0.1, 0.15) is 63.0 Å². The van der Waals surface area contributed by atoms with Crippen molar-refractivity contribution in [3.8, 4) is 0 Å². The van der Waals surface area contributed by atoms with Gasteiger partial charge in [0.15, 0.2) is 0 Å². The lowest BCUT2D eigenvalue weighted by molar-refractivity contribution is -0.141. The van der Waals surface area contributed by atoms with Crippen molar-refractivity contribution in [3.05, 3.63) is 64.7 Å². The number of hydrogen-bond acceptors (Lipinski definition) is 3. The molecule has 0 aliphatic heterocycles. The molecule has 33 heavy (non-hydrogen) atoms. The Bertz CT molecular complexity index is 895. The van der Waals surface area contributed by atoms with Crippen LogP contribution in [-0.2, 0) is 16.1 Å². The fourth-order valence-electron chi connectivity index (χ4n) is 4.28. The first kappa shape index (κ1) is 25.6. The molecule has 4 nitrogen and oxygen atoms in total. The highest BCUT2D eigenvalue weighted by atomic mass is 35.5. The van der Waals surface area contributed by atoms with Gasteiger partial charge in [0.2, 0.25) is 11.8 Å². The van der Waals surface area contributed by atoms with Gasteiger partial charge in [0.05, 0.1) is 0 Å². The maximum absolute atomic E-state index is 13.4. The highest BCUT2D eigenvalue weighted by Gasteiger charge is 2.30. The van der Waals surface area contributed by atoms with E-state index >= 15 is 0 Å². The van der Waals surface area contributed by atoms with Crippen molar-refractivity contribution < 1.29 is 9.59 Å². The monoisotopic (exact) mass is 486 g/mol. The number of carbonyl (C=O) groups excluding carboxylic acids is 2. The van der Waals surface area contributed by atoms with Gasteiger partial charge in [-0.05, 0) is 56.0 Å². The third-order valence-electron chi connectivity index (χ3n) is 6.21. The topological polar surface area (TPSA) is 49.4 Å². The molecule has 1 N–H and O–H groups in total. The number of rotatable bonds is 10. The van der Waals surface area contributed by atoms with Crippen molar-refractivity contribution >= 4 is 35.2 Å². The Morgan fingerprint density at radius 3 is 2.36 bits per heavy atom. The smallest absolute Gasteiger partial charge is 0.243 e. The molecule has 1 unspecified atom stereocenters. The van der Waals surface area contributed by atoms with Crippen LogP contribution in [0.5, 0.6) is 0 Å². The molecule has 0 heterocycles. The molecule has 0 aromatic heterocycles. The summed E-state index contributed by atoms with van der Waals surface area (Å²) < 4.78 is 0. The molecule has 0 bridgehead atoms. The van der Waals surface area contributed by atoms with Crippen LogP contribution < -0.4 is 5.32 Å². The summed E-state index contributed by atoms with van der Waals surface area (Å²) in [7, 11) is 0. The number of hydrogen-bond donors (Lipinski definition) is 1. The minimum atomic E-state index is -0.473. The molecule has 3 rings (SSSR count). The van der Waals surface area contributed by atoms with E-state index in [1.165, 1.54) is 12.0 Å². The van der Waals surface area contributed by atoms with E-state index in [4.69, 9.17) is 11.6 Å². The lowest BCUT2D eigenvalue weighted by Crippen LogP contribution is -2.51. The molecule has 0 saturated heterocycles. The number of nitrogens with zero attached hydrogens (tertiary/aromatic N) is 1. The Balaban J connectivity index is 1.68. The highest BCUT2D eigenvalue weighted by molar-refractivity contribution is 7.99. The Hall–Kier alpha value is -1.98. The number of amides is 2. The van der Waals surface area contributed by atoms with E-state index in [0.29, 0.717) is 30.2 Å². The van der Waals surface area contributed by atoms with Crippen LogP contribution in [0.4, 0.5) is 0 Å². The summed E-state index contributed by atoms with van der Waals surface area (Å²) >= 11 is 7.72. The van der Waals surface area contributed by atoms with E-state index < -0.39 is 6.04 Å². The summed E-state index contributed by atoms with van der Waals surface area (Å²) in [5.41, 5.74) is 2.20. The fraction of sp³-hybridized carbons (Fsp3) is 0.481. The maximum atomic E-state index is 13.4. The van der Waals surface area contributed by atoms with Crippen molar-refractivity contribution in [2.75, 3.05) is 5.75 Å². The molecular weight excluding hydrogens is 452 g/mol. The van der Waals surface area contributed by atoms with Crippen molar-refractivity contribution in [3.63, 3.8) is 0 Å². The minimum Gasteiger partial charge on any atom is -0.352 e. The van der Waals surface area contributed by atoms with Gasteiger partial charge in [-0.1, -0.05) is 67.6 Å². The normalized spacial score (nSPS) is 15.1. The van der Waals surface area contributed by atoms with Crippen LogP contribution >= 0.6 is 23.4 Å². The number of carbonyl (C=O) groups is 2. The standard InChI is InChI=1S/C27H35ClN2O2S/c1-3-25(27(32)29-23-7-5-4-6-8-23)30(19-21-11-13-22(28)14-12-21)26(31)17-18-33-24-15-9-20(2)10-16-24/h9-16,23,25H,3-8,17-19H2,1-2H3,(H,29,32). The molecule has 178 valence electrons. The Morgan fingerprint density at radius 1 is 1.06 bits per heavy atom. The van der Waals surface area contributed by atoms with Crippen molar-refractivity contribution in [1.29, 1.82) is 0 Å².